The maximum atomic E-state index is 9.13. The van der Waals surface area contributed by atoms with Crippen molar-refractivity contribution in [3.05, 3.63) is 23.2 Å². The molecular formula is C7H5ClN2O. The van der Waals surface area contributed by atoms with Gasteiger partial charge < -0.3 is 5.11 Å². The molecular weight excluding hydrogens is 164 g/mol. The molecule has 4 heteroatoms. The molecule has 3 nitrogen and oxygen atoms in total. The van der Waals surface area contributed by atoms with Gasteiger partial charge in [0.15, 0.2) is 0 Å². The first-order valence-corrected chi connectivity index (χ1v) is 3.48. The van der Waals surface area contributed by atoms with Crippen molar-refractivity contribution in [1.29, 1.82) is 0 Å². The van der Waals surface area contributed by atoms with Crippen molar-refractivity contribution in [2.45, 2.75) is 0 Å². The zero-order chi connectivity index (χ0) is 7.84. The summed E-state index contributed by atoms with van der Waals surface area (Å²) in [6.45, 7) is 0. The topological polar surface area (TPSA) is 48.9 Å². The summed E-state index contributed by atoms with van der Waals surface area (Å²) in [7, 11) is 0. The van der Waals surface area contributed by atoms with Crippen molar-refractivity contribution in [2.24, 2.45) is 0 Å². The molecule has 0 fully saturated rings. The van der Waals surface area contributed by atoms with Crippen molar-refractivity contribution in [3.63, 3.8) is 0 Å². The molecule has 0 aliphatic heterocycles. The number of hydrogen-bond acceptors (Lipinski definition) is 2. The highest BCUT2D eigenvalue weighted by Crippen LogP contribution is 2.26. The highest BCUT2D eigenvalue weighted by Gasteiger charge is 2.04. The van der Waals surface area contributed by atoms with E-state index in [1.807, 2.05) is 0 Å². The quantitative estimate of drug-likeness (QED) is 0.632. The van der Waals surface area contributed by atoms with E-state index in [1.54, 1.807) is 18.2 Å². The summed E-state index contributed by atoms with van der Waals surface area (Å²) in [5, 5.41) is 16.6. The summed E-state index contributed by atoms with van der Waals surface area (Å²) in [4.78, 5) is 0. The van der Waals surface area contributed by atoms with Crippen LogP contribution in [0.5, 0.6) is 5.88 Å². The van der Waals surface area contributed by atoms with Crippen LogP contribution in [0.25, 0.3) is 10.9 Å². The predicted octanol–water partition coefficient (Wildman–Crippen LogP) is 1.92. The third kappa shape index (κ3) is 0.851. The largest absolute Gasteiger partial charge is 0.492 e. The van der Waals surface area contributed by atoms with Crippen LogP contribution >= 0.6 is 11.6 Å². The Morgan fingerprint density at radius 2 is 2.27 bits per heavy atom. The van der Waals surface area contributed by atoms with Crippen molar-refractivity contribution in [2.75, 3.05) is 0 Å². The summed E-state index contributed by atoms with van der Waals surface area (Å²) < 4.78 is 0. The number of fused-ring (bicyclic) bond motifs is 1. The first kappa shape index (κ1) is 6.49. The first-order valence-electron chi connectivity index (χ1n) is 3.10. The molecule has 1 heterocycles. The number of nitrogens with one attached hydrogen (secondary N) is 1. The van der Waals surface area contributed by atoms with Gasteiger partial charge in [0.05, 0.1) is 15.9 Å². The zero-order valence-corrected chi connectivity index (χ0v) is 6.26. The lowest BCUT2D eigenvalue weighted by Crippen LogP contribution is -1.68. The number of rotatable bonds is 0. The second kappa shape index (κ2) is 2.13. The van der Waals surface area contributed by atoms with Crippen molar-refractivity contribution in [3.8, 4) is 5.88 Å². The summed E-state index contributed by atoms with van der Waals surface area (Å²) in [6.07, 6.45) is 0. The molecule has 11 heavy (non-hydrogen) atoms. The molecule has 0 radical (unpaired) electrons. The monoisotopic (exact) mass is 168 g/mol. The summed E-state index contributed by atoms with van der Waals surface area (Å²) >= 11 is 5.79. The van der Waals surface area contributed by atoms with E-state index in [0.717, 1.165) is 0 Å². The molecule has 0 spiro atoms. The Labute approximate surface area is 67.6 Å². The highest BCUT2D eigenvalue weighted by atomic mass is 35.5. The number of aromatic amines is 1. The molecule has 0 bridgehead atoms. The van der Waals surface area contributed by atoms with E-state index < -0.39 is 0 Å². The van der Waals surface area contributed by atoms with Crippen LogP contribution in [0.2, 0.25) is 5.02 Å². The molecule has 56 valence electrons. The van der Waals surface area contributed by atoms with Gasteiger partial charge in [-0.15, -0.1) is 5.10 Å². The molecule has 2 aromatic rings. The number of benzene rings is 1. The van der Waals surface area contributed by atoms with Crippen LogP contribution in [-0.4, -0.2) is 15.3 Å². The van der Waals surface area contributed by atoms with E-state index in [-0.39, 0.29) is 5.88 Å². The first-order chi connectivity index (χ1) is 5.29. The Morgan fingerprint density at radius 3 is 3.00 bits per heavy atom. The minimum absolute atomic E-state index is 0.0116. The number of aromatic nitrogens is 2. The molecule has 0 saturated carbocycles. The van der Waals surface area contributed by atoms with E-state index in [1.165, 1.54) is 0 Å². The van der Waals surface area contributed by atoms with Gasteiger partial charge in [0, 0.05) is 0 Å². The van der Waals surface area contributed by atoms with Crippen LogP contribution in [0.4, 0.5) is 0 Å². The summed E-state index contributed by atoms with van der Waals surface area (Å²) in [5.41, 5.74) is 0.673. The molecule has 0 aliphatic carbocycles. The fourth-order valence-corrected chi connectivity index (χ4v) is 1.21. The van der Waals surface area contributed by atoms with Crippen LogP contribution in [-0.2, 0) is 0 Å². The minimum atomic E-state index is -0.0116. The molecule has 1 aromatic heterocycles. The molecule has 0 amide bonds. The van der Waals surface area contributed by atoms with E-state index in [2.05, 4.69) is 10.2 Å². The average molecular weight is 169 g/mol. The second-order valence-electron chi connectivity index (χ2n) is 2.21. The molecule has 2 rings (SSSR count). The molecule has 0 atom stereocenters. The standard InChI is InChI=1S/C7H5ClN2O/c8-5-3-1-2-4-6(5)9-10-7(4)11/h1-3H,(H2,9,10,11). The van der Waals surface area contributed by atoms with Crippen molar-refractivity contribution in [1.82, 2.24) is 10.2 Å². The normalized spacial score (nSPS) is 10.6. The Morgan fingerprint density at radius 1 is 1.45 bits per heavy atom. The predicted molar refractivity (Wildman–Crippen MR) is 42.8 cm³/mol. The number of H-pyrrole nitrogens is 1. The lowest BCUT2D eigenvalue weighted by Gasteiger charge is -1.89. The van der Waals surface area contributed by atoms with E-state index in [9.17, 15) is 0 Å². The Hall–Kier alpha value is -1.22. The summed E-state index contributed by atoms with van der Waals surface area (Å²) in [6, 6.07) is 5.25. The molecule has 1 aromatic carbocycles. The van der Waals surface area contributed by atoms with Crippen LogP contribution in [0.1, 0.15) is 0 Å². The van der Waals surface area contributed by atoms with E-state index in [4.69, 9.17) is 16.7 Å². The maximum Gasteiger partial charge on any atom is 0.238 e. The smallest absolute Gasteiger partial charge is 0.238 e. The maximum absolute atomic E-state index is 9.13. The Bertz CT molecular complexity index is 396. The lowest BCUT2D eigenvalue weighted by molar-refractivity contribution is 0.457. The van der Waals surface area contributed by atoms with Crippen LogP contribution in [0.3, 0.4) is 0 Å². The van der Waals surface area contributed by atoms with Crippen LogP contribution in [0.15, 0.2) is 18.2 Å². The van der Waals surface area contributed by atoms with Gasteiger partial charge >= 0.3 is 0 Å². The average Bonchev–Trinajstić information content (AvgIpc) is 2.35. The van der Waals surface area contributed by atoms with E-state index in [0.29, 0.717) is 15.9 Å². The molecule has 0 saturated heterocycles. The van der Waals surface area contributed by atoms with Gasteiger partial charge in [0.2, 0.25) is 5.88 Å². The number of nitrogens with zero attached hydrogens (tertiary/aromatic N) is 1. The highest BCUT2D eigenvalue weighted by molar-refractivity contribution is 6.35. The Kier molecular flexibility index (Phi) is 1.26. The van der Waals surface area contributed by atoms with Gasteiger partial charge in [-0.2, -0.15) is 0 Å². The van der Waals surface area contributed by atoms with E-state index >= 15 is 0 Å². The number of para-hydroxylation sites is 1. The minimum Gasteiger partial charge on any atom is -0.492 e. The lowest BCUT2D eigenvalue weighted by atomic mass is 10.2. The Balaban J connectivity index is 2.94. The third-order valence-electron chi connectivity index (χ3n) is 1.53. The number of hydrogen-bond donors (Lipinski definition) is 2. The van der Waals surface area contributed by atoms with Gasteiger partial charge in [0.25, 0.3) is 0 Å². The van der Waals surface area contributed by atoms with Crippen LogP contribution in [0, 0.1) is 0 Å². The SMILES string of the molecule is Oc1n[nH]c2c(Cl)cccc12. The zero-order valence-electron chi connectivity index (χ0n) is 5.50. The molecule has 0 aliphatic rings. The summed E-state index contributed by atoms with van der Waals surface area (Å²) in [5.74, 6) is -0.0116. The van der Waals surface area contributed by atoms with Gasteiger partial charge in [-0.1, -0.05) is 17.7 Å². The molecule has 0 unspecified atom stereocenters. The fourth-order valence-electron chi connectivity index (χ4n) is 0.993. The number of aromatic hydroxyl groups is 1. The van der Waals surface area contributed by atoms with Crippen LogP contribution < -0.4 is 0 Å². The van der Waals surface area contributed by atoms with Gasteiger partial charge in [-0.3, -0.25) is 5.10 Å². The van der Waals surface area contributed by atoms with Crippen molar-refractivity contribution < 1.29 is 5.11 Å². The van der Waals surface area contributed by atoms with Gasteiger partial charge in [-0.05, 0) is 12.1 Å². The van der Waals surface area contributed by atoms with Gasteiger partial charge in [-0.25, -0.2) is 0 Å². The number of halogens is 1. The molecule has 2 N–H and O–H groups in total. The fraction of sp³-hybridized carbons (Fsp3) is 0. The third-order valence-corrected chi connectivity index (χ3v) is 1.84. The van der Waals surface area contributed by atoms with Gasteiger partial charge in [0.1, 0.15) is 0 Å². The second-order valence-corrected chi connectivity index (χ2v) is 2.62. The van der Waals surface area contributed by atoms with Crippen molar-refractivity contribution >= 4 is 22.5 Å².